The highest BCUT2D eigenvalue weighted by Crippen LogP contribution is 2.29. The van der Waals surface area contributed by atoms with Gasteiger partial charge in [0.2, 0.25) is 0 Å². The summed E-state index contributed by atoms with van der Waals surface area (Å²) in [6.45, 7) is 1.94. The van der Waals surface area contributed by atoms with Gasteiger partial charge in [0.25, 0.3) is 0 Å². The Hall–Kier alpha value is -2.07. The van der Waals surface area contributed by atoms with E-state index in [1.54, 1.807) is 30.5 Å². The van der Waals surface area contributed by atoms with Crippen molar-refractivity contribution in [3.8, 4) is 5.75 Å². The summed E-state index contributed by atoms with van der Waals surface area (Å²) in [5.74, 6) is 0.0788. The second kappa shape index (κ2) is 6.91. The van der Waals surface area contributed by atoms with Crippen LogP contribution in [0.2, 0.25) is 5.02 Å². The number of ether oxygens (including phenoxy) is 2. The van der Waals surface area contributed by atoms with Gasteiger partial charge in [0.15, 0.2) is 6.61 Å². The first kappa shape index (κ1) is 14.3. The molecule has 1 aromatic carbocycles. The fourth-order valence-corrected chi connectivity index (χ4v) is 1.86. The fourth-order valence-electron chi connectivity index (χ4n) is 1.64. The molecule has 0 amide bonds. The maximum Gasteiger partial charge on any atom is 0.344 e. The molecule has 0 spiro atoms. The van der Waals surface area contributed by atoms with Gasteiger partial charge in [-0.25, -0.2) is 4.79 Å². The molecule has 0 unspecified atom stereocenters. The lowest BCUT2D eigenvalue weighted by Gasteiger charge is -2.09. The first-order valence-electron chi connectivity index (χ1n) is 6.15. The SMILES string of the molecule is C/C=C/COC(=O)COc1ccc(Cl)c2cccnc12. The zero-order valence-electron chi connectivity index (χ0n) is 11.0. The zero-order chi connectivity index (χ0) is 14.4. The van der Waals surface area contributed by atoms with Crippen LogP contribution in [0.3, 0.4) is 0 Å². The van der Waals surface area contributed by atoms with Crippen molar-refractivity contribution in [3.05, 3.63) is 47.6 Å². The lowest BCUT2D eigenvalue weighted by molar-refractivity contribution is -0.144. The summed E-state index contributed by atoms with van der Waals surface area (Å²) in [5.41, 5.74) is 0.626. The molecule has 0 saturated carbocycles. The van der Waals surface area contributed by atoms with Crippen LogP contribution in [0.25, 0.3) is 10.9 Å². The molecular weight excluding hydrogens is 278 g/mol. The Balaban J connectivity index is 2.07. The quantitative estimate of drug-likeness (QED) is 0.626. The maximum absolute atomic E-state index is 11.5. The summed E-state index contributed by atoms with van der Waals surface area (Å²) in [5, 5.41) is 1.38. The largest absolute Gasteiger partial charge is 0.480 e. The first-order chi connectivity index (χ1) is 9.72. The van der Waals surface area contributed by atoms with Crippen molar-refractivity contribution in [2.24, 2.45) is 0 Å². The molecule has 1 aromatic heterocycles. The highest BCUT2D eigenvalue weighted by atomic mass is 35.5. The fraction of sp³-hybridized carbons (Fsp3) is 0.200. The maximum atomic E-state index is 11.5. The number of hydrogen-bond acceptors (Lipinski definition) is 4. The van der Waals surface area contributed by atoms with Crippen molar-refractivity contribution in [1.29, 1.82) is 0 Å². The third-order valence-corrected chi connectivity index (χ3v) is 2.93. The number of hydrogen-bond donors (Lipinski definition) is 0. The van der Waals surface area contributed by atoms with E-state index < -0.39 is 5.97 Å². The van der Waals surface area contributed by atoms with Crippen LogP contribution in [0.1, 0.15) is 6.92 Å². The van der Waals surface area contributed by atoms with Crippen LogP contribution in [0, 0.1) is 0 Å². The van der Waals surface area contributed by atoms with Gasteiger partial charge in [-0.05, 0) is 31.2 Å². The van der Waals surface area contributed by atoms with Crippen LogP contribution in [0.15, 0.2) is 42.6 Å². The standard InChI is InChI=1S/C15H14ClNO3/c1-2-3-9-19-14(18)10-20-13-7-6-12(16)11-5-4-8-17-15(11)13/h2-8H,9-10H2,1H3/b3-2+. The third kappa shape index (κ3) is 3.48. The Morgan fingerprint density at radius 1 is 1.40 bits per heavy atom. The van der Waals surface area contributed by atoms with Crippen molar-refractivity contribution < 1.29 is 14.3 Å². The number of nitrogens with zero attached hydrogens (tertiary/aromatic N) is 1. The molecule has 2 aromatic rings. The van der Waals surface area contributed by atoms with Crippen LogP contribution >= 0.6 is 11.6 Å². The van der Waals surface area contributed by atoms with E-state index in [0.29, 0.717) is 16.3 Å². The second-order valence-corrected chi connectivity index (χ2v) is 4.39. The summed E-state index contributed by atoms with van der Waals surface area (Å²) in [6.07, 6.45) is 5.21. The summed E-state index contributed by atoms with van der Waals surface area (Å²) >= 11 is 6.08. The Bertz CT molecular complexity index is 640. The molecule has 4 nitrogen and oxygen atoms in total. The summed E-state index contributed by atoms with van der Waals surface area (Å²) in [7, 11) is 0. The number of pyridine rings is 1. The van der Waals surface area contributed by atoms with E-state index in [2.05, 4.69) is 4.98 Å². The van der Waals surface area contributed by atoms with E-state index in [1.165, 1.54) is 0 Å². The van der Waals surface area contributed by atoms with Crippen LogP contribution in [-0.2, 0) is 9.53 Å². The number of carbonyl (C=O) groups excluding carboxylic acids is 1. The van der Waals surface area contributed by atoms with Gasteiger partial charge in [-0.1, -0.05) is 23.8 Å². The number of benzene rings is 1. The molecule has 0 saturated heterocycles. The minimum atomic E-state index is -0.429. The molecule has 104 valence electrons. The highest BCUT2D eigenvalue weighted by molar-refractivity contribution is 6.35. The van der Waals surface area contributed by atoms with Gasteiger partial charge >= 0.3 is 5.97 Å². The average Bonchev–Trinajstić information content (AvgIpc) is 2.47. The molecule has 5 heteroatoms. The summed E-state index contributed by atoms with van der Waals surface area (Å²) < 4.78 is 10.4. The minimum absolute atomic E-state index is 0.162. The minimum Gasteiger partial charge on any atom is -0.480 e. The molecule has 0 radical (unpaired) electrons. The van der Waals surface area contributed by atoms with Gasteiger partial charge in [-0.3, -0.25) is 4.98 Å². The Morgan fingerprint density at radius 2 is 2.25 bits per heavy atom. The van der Waals surface area contributed by atoms with E-state index in [4.69, 9.17) is 21.1 Å². The summed E-state index contributed by atoms with van der Waals surface area (Å²) in [6, 6.07) is 7.05. The molecule has 0 atom stereocenters. The highest BCUT2D eigenvalue weighted by Gasteiger charge is 2.09. The zero-order valence-corrected chi connectivity index (χ0v) is 11.8. The van der Waals surface area contributed by atoms with Gasteiger partial charge in [-0.15, -0.1) is 0 Å². The Morgan fingerprint density at radius 3 is 3.05 bits per heavy atom. The van der Waals surface area contributed by atoms with E-state index in [0.717, 1.165) is 5.39 Å². The monoisotopic (exact) mass is 291 g/mol. The predicted octanol–water partition coefficient (Wildman–Crippen LogP) is 3.39. The average molecular weight is 292 g/mol. The lowest BCUT2D eigenvalue weighted by atomic mass is 10.2. The van der Waals surface area contributed by atoms with Gasteiger partial charge in [0.1, 0.15) is 17.9 Å². The van der Waals surface area contributed by atoms with E-state index >= 15 is 0 Å². The molecule has 0 fully saturated rings. The molecule has 0 N–H and O–H groups in total. The molecule has 0 aliphatic carbocycles. The molecule has 0 aliphatic heterocycles. The van der Waals surface area contributed by atoms with Crippen LogP contribution in [-0.4, -0.2) is 24.2 Å². The predicted molar refractivity (Wildman–Crippen MR) is 78.0 cm³/mol. The number of aromatic nitrogens is 1. The number of allylic oxidation sites excluding steroid dienone is 1. The molecule has 0 aliphatic rings. The topological polar surface area (TPSA) is 48.4 Å². The second-order valence-electron chi connectivity index (χ2n) is 3.99. The van der Waals surface area contributed by atoms with Crippen molar-refractivity contribution in [2.45, 2.75) is 6.92 Å². The number of carbonyl (C=O) groups is 1. The molecular formula is C15H14ClNO3. The van der Waals surface area contributed by atoms with Gasteiger partial charge in [0.05, 0.1) is 5.02 Å². The van der Waals surface area contributed by atoms with Crippen LogP contribution in [0.5, 0.6) is 5.75 Å². The van der Waals surface area contributed by atoms with Crippen molar-refractivity contribution in [3.63, 3.8) is 0 Å². The molecule has 0 bridgehead atoms. The van der Waals surface area contributed by atoms with Gasteiger partial charge < -0.3 is 9.47 Å². The molecule has 2 rings (SSSR count). The molecule has 1 heterocycles. The van der Waals surface area contributed by atoms with Gasteiger partial charge in [0, 0.05) is 11.6 Å². The third-order valence-electron chi connectivity index (χ3n) is 2.60. The van der Waals surface area contributed by atoms with Gasteiger partial charge in [-0.2, -0.15) is 0 Å². The Kier molecular flexibility index (Phi) is 4.96. The first-order valence-corrected chi connectivity index (χ1v) is 6.53. The molecule has 20 heavy (non-hydrogen) atoms. The number of fused-ring (bicyclic) bond motifs is 1. The normalized spacial score (nSPS) is 10.9. The Labute approximate surface area is 122 Å². The number of esters is 1. The van der Waals surface area contributed by atoms with Crippen molar-refractivity contribution >= 4 is 28.5 Å². The van der Waals surface area contributed by atoms with Crippen molar-refractivity contribution in [2.75, 3.05) is 13.2 Å². The lowest BCUT2D eigenvalue weighted by Crippen LogP contribution is -2.15. The van der Waals surface area contributed by atoms with E-state index in [9.17, 15) is 4.79 Å². The smallest absolute Gasteiger partial charge is 0.344 e. The van der Waals surface area contributed by atoms with Crippen LogP contribution < -0.4 is 4.74 Å². The van der Waals surface area contributed by atoms with E-state index in [1.807, 2.05) is 19.1 Å². The van der Waals surface area contributed by atoms with E-state index in [-0.39, 0.29) is 13.2 Å². The van der Waals surface area contributed by atoms with Crippen LogP contribution in [0.4, 0.5) is 0 Å². The van der Waals surface area contributed by atoms with Crippen molar-refractivity contribution in [1.82, 2.24) is 4.98 Å². The summed E-state index contributed by atoms with van der Waals surface area (Å²) in [4.78, 5) is 15.7. The number of halogens is 1. The number of rotatable bonds is 5.